The van der Waals surface area contributed by atoms with Crippen molar-refractivity contribution in [2.75, 3.05) is 13.2 Å². The Labute approximate surface area is 148 Å². The summed E-state index contributed by atoms with van der Waals surface area (Å²) < 4.78 is 5.81. The van der Waals surface area contributed by atoms with Gasteiger partial charge in [0.1, 0.15) is 4.88 Å². The van der Waals surface area contributed by atoms with Gasteiger partial charge in [0.25, 0.3) is 5.91 Å². The molecule has 0 fully saturated rings. The van der Waals surface area contributed by atoms with Crippen molar-refractivity contribution in [3.05, 3.63) is 51.5 Å². The predicted molar refractivity (Wildman–Crippen MR) is 98.7 cm³/mol. The highest BCUT2D eigenvalue weighted by Gasteiger charge is 2.16. The van der Waals surface area contributed by atoms with Crippen molar-refractivity contribution in [2.45, 2.75) is 46.1 Å². The second kappa shape index (κ2) is 8.94. The summed E-state index contributed by atoms with van der Waals surface area (Å²) in [7, 11) is 0. The maximum absolute atomic E-state index is 12.2. The second-order valence-electron chi connectivity index (χ2n) is 6.15. The maximum atomic E-state index is 12.2. The van der Waals surface area contributed by atoms with E-state index >= 15 is 0 Å². The molecule has 4 nitrogen and oxygen atoms in total. The first kappa shape index (κ1) is 18.6. The number of benzene rings is 1. The summed E-state index contributed by atoms with van der Waals surface area (Å²) in [6.45, 7) is 9.34. The Kier molecular flexibility index (Phi) is 6.94. The first-order valence-corrected chi connectivity index (χ1v) is 9.22. The molecule has 0 saturated carbocycles. The Morgan fingerprint density at radius 1 is 1.25 bits per heavy atom. The van der Waals surface area contributed by atoms with Crippen LogP contribution in [0.5, 0.6) is 0 Å². The van der Waals surface area contributed by atoms with Gasteiger partial charge in [0.05, 0.1) is 16.8 Å². The van der Waals surface area contributed by atoms with Crippen LogP contribution in [0.4, 0.5) is 0 Å². The number of aryl methyl sites for hydroxylation is 1. The van der Waals surface area contributed by atoms with E-state index in [1.807, 2.05) is 32.0 Å². The zero-order valence-electron chi connectivity index (χ0n) is 14.8. The van der Waals surface area contributed by atoms with Crippen molar-refractivity contribution in [3.8, 4) is 0 Å². The Hall–Kier alpha value is -1.72. The van der Waals surface area contributed by atoms with E-state index in [1.54, 1.807) is 0 Å². The SMILES string of the molecule is Cc1nc(C(C)C)sc1C(=O)NCCCOC(C)c1ccccc1. The maximum Gasteiger partial charge on any atom is 0.263 e. The van der Waals surface area contributed by atoms with Crippen molar-refractivity contribution in [1.82, 2.24) is 10.3 Å². The van der Waals surface area contributed by atoms with E-state index in [9.17, 15) is 4.79 Å². The van der Waals surface area contributed by atoms with Gasteiger partial charge < -0.3 is 10.1 Å². The van der Waals surface area contributed by atoms with E-state index in [1.165, 1.54) is 16.9 Å². The normalized spacial score (nSPS) is 12.4. The van der Waals surface area contributed by atoms with E-state index in [-0.39, 0.29) is 12.0 Å². The fraction of sp³-hybridized carbons (Fsp3) is 0.474. The molecule has 2 rings (SSSR count). The van der Waals surface area contributed by atoms with Crippen molar-refractivity contribution in [3.63, 3.8) is 0 Å². The number of thiazole rings is 1. The van der Waals surface area contributed by atoms with E-state index < -0.39 is 0 Å². The molecule has 1 aromatic carbocycles. The Balaban J connectivity index is 1.71. The number of hydrogen-bond acceptors (Lipinski definition) is 4. The lowest BCUT2D eigenvalue weighted by molar-refractivity contribution is 0.0635. The van der Waals surface area contributed by atoms with E-state index in [2.05, 4.69) is 36.3 Å². The number of carbonyl (C=O) groups excluding carboxylic acids is 1. The lowest BCUT2D eigenvalue weighted by Crippen LogP contribution is -2.25. The largest absolute Gasteiger partial charge is 0.374 e. The van der Waals surface area contributed by atoms with Crippen molar-refractivity contribution in [2.24, 2.45) is 0 Å². The van der Waals surface area contributed by atoms with Gasteiger partial charge in [-0.05, 0) is 25.8 Å². The van der Waals surface area contributed by atoms with E-state index in [0.29, 0.717) is 19.1 Å². The molecule has 0 aliphatic heterocycles. The van der Waals surface area contributed by atoms with Gasteiger partial charge in [-0.2, -0.15) is 0 Å². The number of ether oxygens (including phenoxy) is 1. The Morgan fingerprint density at radius 3 is 2.58 bits per heavy atom. The van der Waals surface area contributed by atoms with Crippen LogP contribution in [0.15, 0.2) is 30.3 Å². The third-order valence-electron chi connectivity index (χ3n) is 3.76. The van der Waals surface area contributed by atoms with Gasteiger partial charge in [-0.25, -0.2) is 4.98 Å². The van der Waals surface area contributed by atoms with Crippen LogP contribution in [0.1, 0.15) is 65.2 Å². The minimum absolute atomic E-state index is 0.0343. The van der Waals surface area contributed by atoms with Gasteiger partial charge in [-0.15, -0.1) is 11.3 Å². The number of rotatable bonds is 8. The highest BCUT2D eigenvalue weighted by atomic mass is 32.1. The standard InChI is InChI=1S/C19H26N2O2S/c1-13(2)19-21-14(3)17(24-19)18(22)20-11-8-12-23-15(4)16-9-6-5-7-10-16/h5-7,9-10,13,15H,8,11-12H2,1-4H3,(H,20,22). The lowest BCUT2D eigenvalue weighted by Gasteiger charge is -2.13. The van der Waals surface area contributed by atoms with E-state index in [4.69, 9.17) is 4.74 Å². The molecule has 0 aliphatic carbocycles. The molecule has 130 valence electrons. The van der Waals surface area contributed by atoms with Crippen LogP contribution >= 0.6 is 11.3 Å². The third kappa shape index (κ3) is 5.14. The molecule has 1 amide bonds. The molecule has 0 saturated heterocycles. The molecule has 0 spiro atoms. The number of carbonyl (C=O) groups is 1. The molecule has 0 bridgehead atoms. The van der Waals surface area contributed by atoms with Crippen LogP contribution in [0, 0.1) is 6.92 Å². The third-order valence-corrected chi connectivity index (χ3v) is 5.21. The summed E-state index contributed by atoms with van der Waals surface area (Å²) in [6.07, 6.45) is 0.858. The zero-order valence-corrected chi connectivity index (χ0v) is 15.7. The molecule has 1 unspecified atom stereocenters. The number of nitrogens with zero attached hydrogens (tertiary/aromatic N) is 1. The molecule has 24 heavy (non-hydrogen) atoms. The molecule has 5 heteroatoms. The highest BCUT2D eigenvalue weighted by molar-refractivity contribution is 7.13. The molecular weight excluding hydrogens is 320 g/mol. The summed E-state index contributed by atoms with van der Waals surface area (Å²) in [5.74, 6) is 0.316. The molecule has 1 aromatic heterocycles. The number of nitrogens with one attached hydrogen (secondary N) is 1. The average Bonchev–Trinajstić information content (AvgIpc) is 2.97. The summed E-state index contributed by atoms with van der Waals surface area (Å²) in [4.78, 5) is 17.4. The van der Waals surface area contributed by atoms with Gasteiger partial charge in [0.2, 0.25) is 0 Å². The first-order valence-electron chi connectivity index (χ1n) is 8.41. The van der Waals surface area contributed by atoms with Crippen molar-refractivity contribution >= 4 is 17.2 Å². The lowest BCUT2D eigenvalue weighted by atomic mass is 10.1. The van der Waals surface area contributed by atoms with Crippen LogP contribution in [-0.4, -0.2) is 24.0 Å². The average molecular weight is 346 g/mol. The van der Waals surface area contributed by atoms with E-state index in [0.717, 1.165) is 22.0 Å². The summed E-state index contributed by atoms with van der Waals surface area (Å²) in [6, 6.07) is 10.1. The van der Waals surface area contributed by atoms with Crippen LogP contribution < -0.4 is 5.32 Å². The molecular formula is C19H26N2O2S. The molecule has 1 heterocycles. The molecule has 1 N–H and O–H groups in total. The van der Waals surface area contributed by atoms with Crippen LogP contribution in [-0.2, 0) is 4.74 Å². The van der Waals surface area contributed by atoms with Crippen LogP contribution in [0.25, 0.3) is 0 Å². The molecule has 1 atom stereocenters. The monoisotopic (exact) mass is 346 g/mol. The molecule has 2 aromatic rings. The van der Waals surface area contributed by atoms with Gasteiger partial charge in [0, 0.05) is 19.1 Å². The fourth-order valence-corrected chi connectivity index (χ4v) is 3.30. The summed E-state index contributed by atoms with van der Waals surface area (Å²) in [5, 5.41) is 3.97. The van der Waals surface area contributed by atoms with Crippen LogP contribution in [0.3, 0.4) is 0 Å². The summed E-state index contributed by atoms with van der Waals surface area (Å²) >= 11 is 1.49. The fourth-order valence-electron chi connectivity index (χ4n) is 2.31. The quantitative estimate of drug-likeness (QED) is 0.717. The van der Waals surface area contributed by atoms with Crippen molar-refractivity contribution in [1.29, 1.82) is 0 Å². The van der Waals surface area contributed by atoms with Gasteiger partial charge in [0.15, 0.2) is 0 Å². The summed E-state index contributed by atoms with van der Waals surface area (Å²) in [5.41, 5.74) is 1.98. The number of aromatic nitrogens is 1. The van der Waals surface area contributed by atoms with Gasteiger partial charge in [-0.3, -0.25) is 4.79 Å². The Morgan fingerprint density at radius 2 is 1.96 bits per heavy atom. The topological polar surface area (TPSA) is 51.2 Å². The minimum Gasteiger partial charge on any atom is -0.374 e. The highest BCUT2D eigenvalue weighted by Crippen LogP contribution is 2.24. The zero-order chi connectivity index (χ0) is 17.5. The molecule has 0 radical (unpaired) electrons. The Bertz CT molecular complexity index is 653. The number of amides is 1. The van der Waals surface area contributed by atoms with Gasteiger partial charge >= 0.3 is 0 Å². The minimum atomic E-state index is -0.0343. The first-order chi connectivity index (χ1) is 11.5. The molecule has 0 aliphatic rings. The second-order valence-corrected chi connectivity index (χ2v) is 7.19. The number of hydrogen-bond donors (Lipinski definition) is 1. The van der Waals surface area contributed by atoms with Gasteiger partial charge in [-0.1, -0.05) is 44.2 Å². The smallest absolute Gasteiger partial charge is 0.263 e. The van der Waals surface area contributed by atoms with Crippen molar-refractivity contribution < 1.29 is 9.53 Å². The predicted octanol–water partition coefficient (Wildman–Crippen LogP) is 4.47. The van der Waals surface area contributed by atoms with Crippen LogP contribution in [0.2, 0.25) is 0 Å².